The fourth-order valence-corrected chi connectivity index (χ4v) is 2.68. The third kappa shape index (κ3) is 4.54. The third-order valence-electron chi connectivity index (χ3n) is 2.31. The van der Waals surface area contributed by atoms with Crippen LogP contribution in [0.25, 0.3) is 0 Å². The zero-order chi connectivity index (χ0) is 14.6. The van der Waals surface area contributed by atoms with Gasteiger partial charge >= 0.3 is 0 Å². The second-order valence-corrected chi connectivity index (χ2v) is 5.76. The molecule has 9 heteroatoms. The summed E-state index contributed by atoms with van der Waals surface area (Å²) in [5.41, 5.74) is 5.02. The highest BCUT2D eigenvalue weighted by Crippen LogP contribution is 2.17. The number of nitrogens with one attached hydrogen (secondary N) is 1. The Morgan fingerprint density at radius 2 is 1.95 bits per heavy atom. The van der Waals surface area contributed by atoms with Gasteiger partial charge in [0.25, 0.3) is 5.69 Å². The molecule has 0 aromatic heterocycles. The Labute approximate surface area is 109 Å². The van der Waals surface area contributed by atoms with Crippen LogP contribution >= 0.6 is 0 Å². The van der Waals surface area contributed by atoms with Crippen LogP contribution in [0.2, 0.25) is 0 Å². The molecule has 0 aliphatic heterocycles. The third-order valence-corrected chi connectivity index (χ3v) is 3.79. The number of amides is 1. The smallest absolute Gasteiger partial charge is 0.269 e. The molecule has 0 heterocycles. The van der Waals surface area contributed by atoms with Crippen LogP contribution in [0.5, 0.6) is 0 Å². The summed E-state index contributed by atoms with van der Waals surface area (Å²) in [4.78, 5) is 20.6. The summed E-state index contributed by atoms with van der Waals surface area (Å²) >= 11 is 0. The van der Waals surface area contributed by atoms with Crippen molar-refractivity contribution < 1.29 is 18.1 Å². The van der Waals surface area contributed by atoms with Gasteiger partial charge in [0.05, 0.1) is 16.6 Å². The van der Waals surface area contributed by atoms with E-state index in [0.29, 0.717) is 0 Å². The molecule has 104 valence electrons. The first kappa shape index (κ1) is 14.9. The summed E-state index contributed by atoms with van der Waals surface area (Å²) in [7, 11) is -3.73. The van der Waals surface area contributed by atoms with Gasteiger partial charge in [-0.3, -0.25) is 19.6 Å². The largest absolute Gasteiger partial charge is 0.369 e. The van der Waals surface area contributed by atoms with Crippen molar-refractivity contribution in [3.05, 3.63) is 34.4 Å². The van der Waals surface area contributed by atoms with Crippen LogP contribution in [0.4, 0.5) is 11.4 Å². The Balaban J connectivity index is 2.78. The number of nitrogens with two attached hydrogens (primary N) is 1. The van der Waals surface area contributed by atoms with Gasteiger partial charge < -0.3 is 5.73 Å². The summed E-state index contributed by atoms with van der Waals surface area (Å²) in [5.74, 6) is -1.98. The lowest BCUT2D eigenvalue weighted by atomic mass is 10.2. The highest BCUT2D eigenvalue weighted by Gasteiger charge is 2.19. The van der Waals surface area contributed by atoms with Gasteiger partial charge in [-0.1, -0.05) is 6.92 Å². The molecule has 0 saturated heterocycles. The van der Waals surface area contributed by atoms with E-state index in [1.807, 2.05) is 0 Å². The number of hydrogen-bond donors (Lipinski definition) is 2. The van der Waals surface area contributed by atoms with Crippen LogP contribution in [0.3, 0.4) is 0 Å². The molecule has 0 fully saturated rings. The number of rotatable bonds is 6. The van der Waals surface area contributed by atoms with Gasteiger partial charge in [-0.25, -0.2) is 8.42 Å². The number of anilines is 1. The molecular weight excluding hydrogens is 274 g/mol. The van der Waals surface area contributed by atoms with Crippen LogP contribution in [-0.4, -0.2) is 25.0 Å². The lowest BCUT2D eigenvalue weighted by molar-refractivity contribution is -0.384. The van der Waals surface area contributed by atoms with Crippen molar-refractivity contribution in [1.82, 2.24) is 0 Å². The van der Waals surface area contributed by atoms with Crippen molar-refractivity contribution in [2.24, 2.45) is 11.7 Å². The molecular formula is C10H13N3O5S. The number of primary amides is 1. The summed E-state index contributed by atoms with van der Waals surface area (Å²) in [6.45, 7) is 1.40. The minimum atomic E-state index is -3.73. The van der Waals surface area contributed by atoms with Crippen molar-refractivity contribution in [2.75, 3.05) is 10.5 Å². The summed E-state index contributed by atoms with van der Waals surface area (Å²) in [6.07, 6.45) is 0. The predicted octanol–water partition coefficient (Wildman–Crippen LogP) is 0.458. The van der Waals surface area contributed by atoms with Crippen molar-refractivity contribution in [3.63, 3.8) is 0 Å². The monoisotopic (exact) mass is 287 g/mol. The number of carbonyl (C=O) groups is 1. The quantitative estimate of drug-likeness (QED) is 0.579. The van der Waals surface area contributed by atoms with Crippen LogP contribution in [0.1, 0.15) is 6.92 Å². The molecule has 1 atom stereocenters. The molecule has 1 aromatic rings. The van der Waals surface area contributed by atoms with E-state index in [2.05, 4.69) is 4.72 Å². The second-order valence-electron chi connectivity index (χ2n) is 3.99. The standard InChI is InChI=1S/C10H13N3O5S/c1-7(10(11)14)6-19(17,18)12-8-2-4-9(5-3-8)13(15)16/h2-5,7,12H,6H2,1H3,(H2,11,14). The van der Waals surface area contributed by atoms with E-state index in [9.17, 15) is 23.3 Å². The van der Waals surface area contributed by atoms with E-state index in [0.717, 1.165) is 0 Å². The molecule has 0 radical (unpaired) electrons. The molecule has 1 unspecified atom stereocenters. The Morgan fingerprint density at radius 1 is 1.42 bits per heavy atom. The molecule has 3 N–H and O–H groups in total. The summed E-state index contributed by atoms with van der Waals surface area (Å²) < 4.78 is 25.6. The first-order valence-electron chi connectivity index (χ1n) is 5.25. The lowest BCUT2D eigenvalue weighted by Crippen LogP contribution is -2.30. The molecule has 1 rings (SSSR count). The minimum absolute atomic E-state index is 0.145. The van der Waals surface area contributed by atoms with E-state index in [1.54, 1.807) is 0 Å². The SMILES string of the molecule is CC(CS(=O)(=O)Nc1ccc([N+](=O)[O-])cc1)C(N)=O. The number of benzene rings is 1. The fraction of sp³-hybridized carbons (Fsp3) is 0.300. The highest BCUT2D eigenvalue weighted by molar-refractivity contribution is 7.92. The molecule has 1 aromatic carbocycles. The normalized spacial score (nSPS) is 12.7. The van der Waals surface area contributed by atoms with Gasteiger partial charge in [0, 0.05) is 17.8 Å². The van der Waals surface area contributed by atoms with E-state index in [4.69, 9.17) is 5.73 Å². The first-order valence-corrected chi connectivity index (χ1v) is 6.91. The summed E-state index contributed by atoms with van der Waals surface area (Å²) in [6, 6.07) is 4.89. The van der Waals surface area contributed by atoms with Crippen molar-refractivity contribution in [1.29, 1.82) is 0 Å². The molecule has 0 spiro atoms. The van der Waals surface area contributed by atoms with Crippen molar-refractivity contribution in [3.8, 4) is 0 Å². The molecule has 0 aliphatic rings. The zero-order valence-electron chi connectivity index (χ0n) is 10.1. The molecule has 0 aliphatic carbocycles. The fourth-order valence-electron chi connectivity index (χ4n) is 1.28. The minimum Gasteiger partial charge on any atom is -0.369 e. The Hall–Kier alpha value is -2.16. The lowest BCUT2D eigenvalue weighted by Gasteiger charge is -2.10. The van der Waals surface area contributed by atoms with Crippen molar-refractivity contribution >= 4 is 27.3 Å². The van der Waals surface area contributed by atoms with Gasteiger partial charge in [0.15, 0.2) is 0 Å². The van der Waals surface area contributed by atoms with E-state index < -0.39 is 32.5 Å². The Morgan fingerprint density at radius 3 is 2.37 bits per heavy atom. The average Bonchev–Trinajstić information content (AvgIpc) is 2.28. The molecule has 0 bridgehead atoms. The second kappa shape index (κ2) is 5.65. The Kier molecular flexibility index (Phi) is 4.43. The zero-order valence-corrected chi connectivity index (χ0v) is 10.9. The Bertz CT molecular complexity index is 582. The number of nitro groups is 1. The van der Waals surface area contributed by atoms with Gasteiger partial charge in [-0.2, -0.15) is 0 Å². The maximum absolute atomic E-state index is 11.7. The molecule has 8 nitrogen and oxygen atoms in total. The van der Waals surface area contributed by atoms with Crippen LogP contribution < -0.4 is 10.5 Å². The number of hydrogen-bond acceptors (Lipinski definition) is 5. The van der Waals surface area contributed by atoms with Gasteiger partial charge in [-0.15, -0.1) is 0 Å². The molecule has 19 heavy (non-hydrogen) atoms. The molecule has 0 saturated carbocycles. The number of nitro benzene ring substituents is 1. The van der Waals surface area contributed by atoms with Gasteiger partial charge in [-0.05, 0) is 12.1 Å². The van der Waals surface area contributed by atoms with E-state index in [1.165, 1.54) is 31.2 Å². The van der Waals surface area contributed by atoms with Gasteiger partial charge in [0.2, 0.25) is 15.9 Å². The molecule has 1 amide bonds. The summed E-state index contributed by atoms with van der Waals surface area (Å²) in [5, 5.41) is 10.4. The number of sulfonamides is 1. The average molecular weight is 287 g/mol. The van der Waals surface area contributed by atoms with E-state index >= 15 is 0 Å². The van der Waals surface area contributed by atoms with Crippen LogP contribution in [0, 0.1) is 16.0 Å². The van der Waals surface area contributed by atoms with Crippen LogP contribution in [0.15, 0.2) is 24.3 Å². The first-order chi connectivity index (χ1) is 8.71. The maximum atomic E-state index is 11.7. The maximum Gasteiger partial charge on any atom is 0.269 e. The van der Waals surface area contributed by atoms with Gasteiger partial charge in [0.1, 0.15) is 0 Å². The van der Waals surface area contributed by atoms with E-state index in [-0.39, 0.29) is 11.4 Å². The van der Waals surface area contributed by atoms with Crippen LogP contribution in [-0.2, 0) is 14.8 Å². The number of carbonyl (C=O) groups excluding carboxylic acids is 1. The number of nitrogens with zero attached hydrogens (tertiary/aromatic N) is 1. The topological polar surface area (TPSA) is 132 Å². The number of non-ortho nitro benzene ring substituents is 1. The van der Waals surface area contributed by atoms with Crippen molar-refractivity contribution in [2.45, 2.75) is 6.92 Å². The predicted molar refractivity (Wildman–Crippen MR) is 68.9 cm³/mol. The highest BCUT2D eigenvalue weighted by atomic mass is 32.2.